The van der Waals surface area contributed by atoms with E-state index in [1.165, 1.54) is 6.07 Å². The number of hydrogen-bond donors (Lipinski definition) is 0. The van der Waals surface area contributed by atoms with Crippen molar-refractivity contribution < 1.29 is 4.39 Å². The number of halogens is 1. The molecule has 0 heterocycles. The summed E-state index contributed by atoms with van der Waals surface area (Å²) in [6, 6.07) is 6.65. The maximum Gasteiger partial charge on any atom is 0.141 e. The largest absolute Gasteiger partial charge is 0.206 e. The van der Waals surface area contributed by atoms with Gasteiger partial charge in [-0.1, -0.05) is 26.8 Å². The Hall–Kier alpha value is -1.36. The zero-order chi connectivity index (χ0) is 10.8. The summed E-state index contributed by atoms with van der Waals surface area (Å²) in [5, 5.41) is 8.58. The minimum Gasteiger partial charge on any atom is -0.206 e. The highest BCUT2D eigenvalue weighted by Crippen LogP contribution is 2.27. The van der Waals surface area contributed by atoms with Crippen LogP contribution in [0.3, 0.4) is 0 Å². The summed E-state index contributed by atoms with van der Waals surface area (Å²) in [6.45, 7) is 6.19. The van der Waals surface area contributed by atoms with Crippen LogP contribution in [0.5, 0.6) is 0 Å². The fourth-order valence-corrected chi connectivity index (χ4v) is 1.23. The highest BCUT2D eigenvalue weighted by Gasteiger charge is 2.19. The number of nitrogens with zero attached hydrogens (tertiary/aromatic N) is 1. The van der Waals surface area contributed by atoms with Gasteiger partial charge in [0.1, 0.15) is 11.9 Å². The molecule has 2 heteroatoms. The molecule has 0 saturated heterocycles. The quantitative estimate of drug-likeness (QED) is 0.703. The lowest BCUT2D eigenvalue weighted by molar-refractivity contribution is 0.500. The number of rotatable bonds is 2. The van der Waals surface area contributed by atoms with Gasteiger partial charge in [0.25, 0.3) is 0 Å². The molecule has 0 aromatic heterocycles. The van der Waals surface area contributed by atoms with Gasteiger partial charge >= 0.3 is 0 Å². The Bertz CT molecular complexity index is 374. The van der Waals surface area contributed by atoms with Crippen molar-refractivity contribution in [2.24, 2.45) is 0 Å². The zero-order valence-corrected chi connectivity index (χ0v) is 8.76. The van der Waals surface area contributed by atoms with Gasteiger partial charge in [0.15, 0.2) is 0 Å². The fraction of sp³-hybridized carbons (Fsp3) is 0.417. The topological polar surface area (TPSA) is 23.8 Å². The van der Waals surface area contributed by atoms with Crippen molar-refractivity contribution in [1.29, 1.82) is 5.26 Å². The molecule has 74 valence electrons. The highest BCUT2D eigenvalue weighted by molar-refractivity contribution is 5.36. The Labute approximate surface area is 84.2 Å². The van der Waals surface area contributed by atoms with Crippen LogP contribution in [-0.2, 0) is 5.41 Å². The van der Waals surface area contributed by atoms with Crippen molar-refractivity contribution in [2.75, 3.05) is 0 Å². The molecular weight excluding hydrogens is 177 g/mol. The minimum absolute atomic E-state index is 0.0329. The standard InChI is InChI=1S/C12H14FN/c1-4-12(2,3)10-6-5-9(8-14)11(13)7-10/h5-7H,4H2,1-3H3. The summed E-state index contributed by atoms with van der Waals surface area (Å²) >= 11 is 0. The molecule has 0 aliphatic heterocycles. The first kappa shape index (κ1) is 10.7. The molecule has 14 heavy (non-hydrogen) atoms. The second-order valence-electron chi connectivity index (χ2n) is 4.04. The SMILES string of the molecule is CCC(C)(C)c1ccc(C#N)c(F)c1. The minimum atomic E-state index is -0.425. The smallest absolute Gasteiger partial charge is 0.141 e. The Morgan fingerprint density at radius 1 is 1.43 bits per heavy atom. The third kappa shape index (κ3) is 1.93. The Morgan fingerprint density at radius 2 is 2.07 bits per heavy atom. The molecule has 0 radical (unpaired) electrons. The summed E-state index contributed by atoms with van der Waals surface area (Å²) < 4.78 is 13.3. The monoisotopic (exact) mass is 191 g/mol. The first-order valence-corrected chi connectivity index (χ1v) is 4.71. The second kappa shape index (κ2) is 3.79. The van der Waals surface area contributed by atoms with E-state index in [2.05, 4.69) is 20.8 Å². The molecule has 0 N–H and O–H groups in total. The van der Waals surface area contributed by atoms with Crippen molar-refractivity contribution in [2.45, 2.75) is 32.6 Å². The van der Waals surface area contributed by atoms with Crippen molar-refractivity contribution in [3.63, 3.8) is 0 Å². The fourth-order valence-electron chi connectivity index (χ4n) is 1.23. The Balaban J connectivity index is 3.17. The van der Waals surface area contributed by atoms with Gasteiger partial charge in [0.05, 0.1) is 5.56 Å². The molecule has 0 fully saturated rings. The van der Waals surface area contributed by atoms with E-state index < -0.39 is 5.82 Å². The van der Waals surface area contributed by atoms with Crippen molar-refractivity contribution in [1.82, 2.24) is 0 Å². The normalized spacial score (nSPS) is 11.1. The molecule has 1 aromatic rings. The molecule has 0 unspecified atom stereocenters. The molecule has 1 rings (SSSR count). The van der Waals surface area contributed by atoms with Gasteiger partial charge < -0.3 is 0 Å². The first-order valence-electron chi connectivity index (χ1n) is 4.71. The van der Waals surface area contributed by atoms with Crippen LogP contribution in [0, 0.1) is 17.1 Å². The molecule has 1 aromatic carbocycles. The van der Waals surface area contributed by atoms with Crippen LogP contribution >= 0.6 is 0 Å². The molecule has 0 aliphatic carbocycles. The summed E-state index contributed by atoms with van der Waals surface area (Å²) in [4.78, 5) is 0. The second-order valence-corrected chi connectivity index (χ2v) is 4.04. The maximum absolute atomic E-state index is 13.3. The van der Waals surface area contributed by atoms with E-state index in [1.807, 2.05) is 12.1 Å². The Kier molecular flexibility index (Phi) is 2.90. The molecular formula is C12H14FN. The number of nitriles is 1. The first-order chi connectivity index (χ1) is 6.51. The van der Waals surface area contributed by atoms with Crippen LogP contribution in [-0.4, -0.2) is 0 Å². The van der Waals surface area contributed by atoms with E-state index in [1.54, 1.807) is 6.07 Å². The van der Waals surface area contributed by atoms with E-state index in [-0.39, 0.29) is 11.0 Å². The van der Waals surface area contributed by atoms with Gasteiger partial charge in [-0.25, -0.2) is 4.39 Å². The molecule has 0 amide bonds. The van der Waals surface area contributed by atoms with Gasteiger partial charge in [-0.15, -0.1) is 0 Å². The van der Waals surface area contributed by atoms with Crippen molar-refractivity contribution in [3.8, 4) is 6.07 Å². The molecule has 0 aliphatic rings. The molecule has 0 atom stereocenters. The van der Waals surface area contributed by atoms with Crippen LogP contribution in [0.25, 0.3) is 0 Å². The van der Waals surface area contributed by atoms with Crippen molar-refractivity contribution >= 4 is 0 Å². The summed E-state index contributed by atoms with van der Waals surface area (Å²) in [5.74, 6) is -0.425. The highest BCUT2D eigenvalue weighted by atomic mass is 19.1. The molecule has 0 spiro atoms. The number of benzene rings is 1. The van der Waals surface area contributed by atoms with E-state index in [4.69, 9.17) is 5.26 Å². The van der Waals surface area contributed by atoms with Crippen LogP contribution in [0.4, 0.5) is 4.39 Å². The number of hydrogen-bond acceptors (Lipinski definition) is 1. The van der Waals surface area contributed by atoms with Crippen LogP contribution < -0.4 is 0 Å². The third-order valence-corrected chi connectivity index (χ3v) is 2.75. The van der Waals surface area contributed by atoms with Crippen LogP contribution in [0.1, 0.15) is 38.3 Å². The van der Waals surface area contributed by atoms with Crippen LogP contribution in [0.2, 0.25) is 0 Å². The lowest BCUT2D eigenvalue weighted by Gasteiger charge is -2.23. The predicted octanol–water partition coefficient (Wildman–Crippen LogP) is 3.38. The van der Waals surface area contributed by atoms with E-state index in [9.17, 15) is 4.39 Å². The van der Waals surface area contributed by atoms with Gasteiger partial charge in [0.2, 0.25) is 0 Å². The molecule has 0 saturated carbocycles. The summed E-state index contributed by atoms with van der Waals surface area (Å²) in [5.41, 5.74) is 1.02. The lowest BCUT2D eigenvalue weighted by Crippen LogP contribution is -2.15. The van der Waals surface area contributed by atoms with Gasteiger partial charge in [-0.05, 0) is 29.5 Å². The van der Waals surface area contributed by atoms with Crippen molar-refractivity contribution in [3.05, 3.63) is 35.1 Å². The third-order valence-electron chi connectivity index (χ3n) is 2.75. The van der Waals surface area contributed by atoms with E-state index in [0.29, 0.717) is 0 Å². The van der Waals surface area contributed by atoms with E-state index >= 15 is 0 Å². The average Bonchev–Trinajstić information content (AvgIpc) is 2.17. The zero-order valence-electron chi connectivity index (χ0n) is 8.76. The Morgan fingerprint density at radius 3 is 2.50 bits per heavy atom. The predicted molar refractivity (Wildman–Crippen MR) is 54.4 cm³/mol. The van der Waals surface area contributed by atoms with E-state index in [0.717, 1.165) is 12.0 Å². The summed E-state index contributed by atoms with van der Waals surface area (Å²) in [6.07, 6.45) is 0.943. The van der Waals surface area contributed by atoms with Gasteiger partial charge in [-0.2, -0.15) is 5.26 Å². The van der Waals surface area contributed by atoms with Crippen LogP contribution in [0.15, 0.2) is 18.2 Å². The van der Waals surface area contributed by atoms with Gasteiger partial charge in [-0.3, -0.25) is 0 Å². The lowest BCUT2D eigenvalue weighted by atomic mass is 9.82. The average molecular weight is 191 g/mol. The summed E-state index contributed by atoms with van der Waals surface area (Å²) in [7, 11) is 0. The molecule has 1 nitrogen and oxygen atoms in total. The van der Waals surface area contributed by atoms with Gasteiger partial charge in [0, 0.05) is 0 Å². The maximum atomic E-state index is 13.3. The molecule has 0 bridgehead atoms.